The van der Waals surface area contributed by atoms with Crippen LogP contribution < -0.4 is 16.0 Å². The van der Waals surface area contributed by atoms with Gasteiger partial charge in [0.2, 0.25) is 5.78 Å². The first kappa shape index (κ1) is 25.3. The van der Waals surface area contributed by atoms with Crippen LogP contribution in [-0.4, -0.2) is 62.6 Å². The van der Waals surface area contributed by atoms with Crippen molar-refractivity contribution in [1.29, 1.82) is 0 Å². The van der Waals surface area contributed by atoms with E-state index in [0.717, 1.165) is 5.69 Å². The van der Waals surface area contributed by atoms with Gasteiger partial charge in [0, 0.05) is 62.2 Å². The molecule has 1 amide bonds. The van der Waals surface area contributed by atoms with Gasteiger partial charge in [0.05, 0.1) is 11.3 Å². The van der Waals surface area contributed by atoms with E-state index in [-0.39, 0.29) is 42.7 Å². The summed E-state index contributed by atoms with van der Waals surface area (Å²) in [5.41, 5.74) is 4.23. The number of rotatable bonds is 5. The number of Topliss-reactive ketones (excluding diaryl/α,β-unsaturated/α-hetero) is 2. The lowest BCUT2D eigenvalue weighted by Gasteiger charge is -2.46. The maximum absolute atomic E-state index is 13.7. The number of ketones is 2. The molecule has 0 saturated heterocycles. The highest BCUT2D eigenvalue weighted by Crippen LogP contribution is 2.53. The summed E-state index contributed by atoms with van der Waals surface area (Å²) in [7, 11) is 3.64. The van der Waals surface area contributed by atoms with Gasteiger partial charge in [0.15, 0.2) is 11.4 Å². The van der Waals surface area contributed by atoms with Crippen LogP contribution in [0, 0.1) is 11.8 Å². The van der Waals surface area contributed by atoms with E-state index in [1.54, 1.807) is 24.5 Å². The van der Waals surface area contributed by atoms with Crippen molar-refractivity contribution in [2.75, 3.05) is 24.3 Å². The number of anilines is 2. The number of hydrogen-bond acceptors (Lipinski definition) is 10. The average Bonchev–Trinajstić information content (AvgIpc) is 2.86. The van der Waals surface area contributed by atoms with Gasteiger partial charge in [-0.15, -0.1) is 0 Å². The lowest BCUT2D eigenvalue weighted by Crippen LogP contribution is -2.58. The molecule has 3 atom stereocenters. The molecule has 0 spiro atoms. The van der Waals surface area contributed by atoms with Crippen LogP contribution in [0.25, 0.3) is 5.76 Å². The fourth-order valence-electron chi connectivity index (χ4n) is 5.92. The zero-order chi connectivity index (χ0) is 27.5. The Morgan fingerprint density at radius 2 is 1.97 bits per heavy atom. The Kier molecular flexibility index (Phi) is 5.90. The molecule has 3 aliphatic carbocycles. The summed E-state index contributed by atoms with van der Waals surface area (Å²) in [6.07, 6.45) is 3.23. The van der Waals surface area contributed by atoms with Crippen LogP contribution in [0.5, 0.6) is 5.75 Å². The van der Waals surface area contributed by atoms with E-state index >= 15 is 0 Å². The molecule has 5 rings (SSSR count). The average molecular weight is 521 g/mol. The number of carbonyl (C=O) groups is 3. The number of amides is 1. The highest BCUT2D eigenvalue weighted by molar-refractivity contribution is 6.22. The van der Waals surface area contributed by atoms with Crippen LogP contribution in [0.1, 0.15) is 29.5 Å². The number of phenols is 1. The first-order valence-electron chi connectivity index (χ1n) is 12.1. The minimum absolute atomic E-state index is 0.0614. The zero-order valence-corrected chi connectivity index (χ0v) is 20.9. The number of carbonyl (C=O) groups excluding carboxylic acids is 3. The van der Waals surface area contributed by atoms with Crippen LogP contribution in [0.15, 0.2) is 47.5 Å². The SMILES string of the molecule is CN(C)c1cc(CNc2cccnc2)c(O)c2c1C[C@H]1C[C@H]3CC(=O)C(C(N)=O)=C(O)[C@@]3(O)C(=O)C1=C2O. The quantitative estimate of drug-likeness (QED) is 0.315. The van der Waals surface area contributed by atoms with Gasteiger partial charge in [-0.2, -0.15) is 0 Å². The molecule has 11 heteroatoms. The molecule has 11 nitrogen and oxygen atoms in total. The van der Waals surface area contributed by atoms with Crippen molar-refractivity contribution >= 4 is 34.6 Å². The number of nitrogens with one attached hydrogen (secondary N) is 1. The smallest absolute Gasteiger partial charge is 0.255 e. The van der Waals surface area contributed by atoms with Crippen molar-refractivity contribution in [3.05, 3.63) is 64.2 Å². The predicted octanol–water partition coefficient (Wildman–Crippen LogP) is 1.50. The van der Waals surface area contributed by atoms with E-state index in [0.29, 0.717) is 16.8 Å². The molecule has 0 bridgehead atoms. The van der Waals surface area contributed by atoms with Gasteiger partial charge in [-0.05, 0) is 42.5 Å². The molecule has 0 unspecified atom stereocenters. The second kappa shape index (κ2) is 8.88. The van der Waals surface area contributed by atoms with Crippen molar-refractivity contribution in [3.8, 4) is 5.75 Å². The van der Waals surface area contributed by atoms with Crippen LogP contribution in [-0.2, 0) is 27.3 Å². The molecular formula is C27H28N4O7. The standard InChI is InChI=1S/C27H28N4O7/c1-31(2)17-8-13(10-30-15-4-3-5-29-11-15)22(33)20-16(17)7-12-6-14-9-18(32)21(26(28)37)25(36)27(14,38)24(35)19(12)23(20)34/h3-5,8,11-12,14,30,33-34,36,38H,6-7,9-10H2,1-2H3,(H2,28,37)/t12-,14+,27+/m1/s1. The highest BCUT2D eigenvalue weighted by Gasteiger charge is 2.60. The number of benzene rings is 1. The first-order chi connectivity index (χ1) is 18.0. The minimum Gasteiger partial charge on any atom is -0.508 e. The number of pyridine rings is 1. The minimum atomic E-state index is -2.59. The number of aromatic nitrogens is 1. The van der Waals surface area contributed by atoms with Gasteiger partial charge < -0.3 is 36.4 Å². The molecule has 1 fully saturated rings. The third-order valence-electron chi connectivity index (χ3n) is 7.75. The molecular weight excluding hydrogens is 492 g/mol. The van der Waals surface area contributed by atoms with Gasteiger partial charge in [-0.25, -0.2) is 0 Å². The summed E-state index contributed by atoms with van der Waals surface area (Å²) in [6.45, 7) is 0.186. The van der Waals surface area contributed by atoms with Crippen LogP contribution >= 0.6 is 0 Å². The first-order valence-corrected chi connectivity index (χ1v) is 12.1. The Morgan fingerprint density at radius 3 is 2.61 bits per heavy atom. The fourth-order valence-corrected chi connectivity index (χ4v) is 5.92. The molecule has 38 heavy (non-hydrogen) atoms. The van der Waals surface area contributed by atoms with E-state index in [2.05, 4.69) is 10.3 Å². The number of nitrogens with two attached hydrogens (primary N) is 1. The number of aliphatic hydroxyl groups is 3. The molecule has 3 aliphatic rings. The number of primary amides is 1. The van der Waals surface area contributed by atoms with E-state index in [1.807, 2.05) is 25.1 Å². The molecule has 7 N–H and O–H groups in total. The Balaban J connectivity index is 1.64. The van der Waals surface area contributed by atoms with Crippen molar-refractivity contribution in [2.45, 2.75) is 31.4 Å². The molecule has 0 radical (unpaired) electrons. The second-order valence-corrected chi connectivity index (χ2v) is 10.2. The normalized spacial score (nSPS) is 24.5. The molecule has 1 aromatic carbocycles. The van der Waals surface area contributed by atoms with E-state index in [4.69, 9.17) is 5.73 Å². The van der Waals surface area contributed by atoms with Gasteiger partial charge in [0.1, 0.15) is 22.8 Å². The molecule has 2 aromatic rings. The summed E-state index contributed by atoms with van der Waals surface area (Å²) in [5.74, 6) is -6.44. The third-order valence-corrected chi connectivity index (χ3v) is 7.75. The number of fused-ring (bicyclic) bond motifs is 3. The second-order valence-electron chi connectivity index (χ2n) is 10.2. The Bertz CT molecular complexity index is 1450. The monoisotopic (exact) mass is 520 g/mol. The fraction of sp³-hybridized carbons (Fsp3) is 0.333. The number of nitrogens with zero attached hydrogens (tertiary/aromatic N) is 2. The van der Waals surface area contributed by atoms with Gasteiger partial charge in [0.25, 0.3) is 5.91 Å². The lowest BCUT2D eigenvalue weighted by atomic mass is 9.59. The zero-order valence-electron chi connectivity index (χ0n) is 20.9. The number of phenolic OH excluding ortho intramolecular Hbond substituents is 1. The largest absolute Gasteiger partial charge is 0.508 e. The Morgan fingerprint density at radius 1 is 1.24 bits per heavy atom. The molecule has 1 heterocycles. The summed E-state index contributed by atoms with van der Waals surface area (Å²) in [6, 6.07) is 5.37. The van der Waals surface area contributed by atoms with Crippen molar-refractivity contribution in [3.63, 3.8) is 0 Å². The topological polar surface area (TPSA) is 186 Å². The Hall–Kier alpha value is -4.38. The van der Waals surface area contributed by atoms with Crippen molar-refractivity contribution < 1.29 is 34.8 Å². The van der Waals surface area contributed by atoms with Crippen molar-refractivity contribution in [2.24, 2.45) is 17.6 Å². The highest BCUT2D eigenvalue weighted by atomic mass is 16.3. The Labute approximate surface area is 217 Å². The predicted molar refractivity (Wildman–Crippen MR) is 137 cm³/mol. The van der Waals surface area contributed by atoms with E-state index in [1.165, 1.54) is 0 Å². The summed E-state index contributed by atoms with van der Waals surface area (Å²) in [5, 5.41) is 48.0. The third kappa shape index (κ3) is 3.61. The lowest BCUT2D eigenvalue weighted by molar-refractivity contribution is -0.147. The van der Waals surface area contributed by atoms with Gasteiger partial charge >= 0.3 is 0 Å². The maximum atomic E-state index is 13.7. The van der Waals surface area contributed by atoms with Gasteiger partial charge in [-0.3, -0.25) is 19.4 Å². The molecule has 198 valence electrons. The summed E-state index contributed by atoms with van der Waals surface area (Å²) >= 11 is 0. The summed E-state index contributed by atoms with van der Waals surface area (Å²) < 4.78 is 0. The molecule has 1 saturated carbocycles. The number of hydrogen-bond donors (Lipinski definition) is 6. The van der Waals surface area contributed by atoms with Crippen LogP contribution in [0.2, 0.25) is 0 Å². The number of aromatic hydroxyl groups is 1. The van der Waals surface area contributed by atoms with Crippen LogP contribution in [0.4, 0.5) is 11.4 Å². The molecule has 0 aliphatic heterocycles. The molecule has 1 aromatic heterocycles. The van der Waals surface area contributed by atoms with E-state index in [9.17, 15) is 34.8 Å². The van der Waals surface area contributed by atoms with Crippen molar-refractivity contribution in [1.82, 2.24) is 4.98 Å². The maximum Gasteiger partial charge on any atom is 0.255 e. The number of aliphatic hydroxyl groups excluding tert-OH is 2. The van der Waals surface area contributed by atoms with Crippen LogP contribution in [0.3, 0.4) is 0 Å². The van der Waals surface area contributed by atoms with E-state index < -0.39 is 52.0 Å². The summed E-state index contributed by atoms with van der Waals surface area (Å²) in [4.78, 5) is 43.9. The van der Waals surface area contributed by atoms with Gasteiger partial charge in [-0.1, -0.05) is 0 Å².